The molecule has 0 saturated carbocycles. The first-order valence-electron chi connectivity index (χ1n) is 7.50. The van der Waals surface area contributed by atoms with Gasteiger partial charge in [-0.05, 0) is 18.9 Å². The van der Waals surface area contributed by atoms with Gasteiger partial charge < -0.3 is 20.3 Å². The van der Waals surface area contributed by atoms with Gasteiger partial charge in [0.1, 0.15) is 5.75 Å². The number of likely N-dealkylation sites (tertiary alicyclic amines) is 1. The molecule has 2 rings (SSSR count). The van der Waals surface area contributed by atoms with Gasteiger partial charge in [0.2, 0.25) is 5.91 Å². The average molecular weight is 340 g/mol. The van der Waals surface area contributed by atoms with Crippen LogP contribution in [0.25, 0.3) is 0 Å². The Kier molecular flexibility index (Phi) is 5.36. The van der Waals surface area contributed by atoms with Gasteiger partial charge in [-0.25, -0.2) is 0 Å². The zero-order chi connectivity index (χ0) is 17.1. The highest BCUT2D eigenvalue weighted by Crippen LogP contribution is 2.30. The third-order valence-electron chi connectivity index (χ3n) is 4.35. The minimum absolute atomic E-state index is 0.0433. The Bertz CT molecular complexity index is 613. The molecule has 0 aliphatic carbocycles. The topological polar surface area (TPSA) is 75.9 Å². The van der Waals surface area contributed by atoms with Crippen molar-refractivity contribution in [3.63, 3.8) is 0 Å². The van der Waals surface area contributed by atoms with Gasteiger partial charge in [0.25, 0.3) is 5.91 Å². The molecule has 1 saturated heterocycles. The monoisotopic (exact) mass is 339 g/mol. The number of hydrogen-bond acceptors (Lipinski definition) is 4. The number of rotatable bonds is 3. The minimum atomic E-state index is -0.132. The molecule has 23 heavy (non-hydrogen) atoms. The summed E-state index contributed by atoms with van der Waals surface area (Å²) in [4.78, 5) is 27.7. The van der Waals surface area contributed by atoms with Crippen LogP contribution in [0.2, 0.25) is 5.02 Å². The molecule has 0 bridgehead atoms. The number of amides is 2. The molecule has 0 spiro atoms. The molecule has 2 N–H and O–H groups in total. The van der Waals surface area contributed by atoms with Gasteiger partial charge in [0, 0.05) is 39.2 Å². The summed E-state index contributed by atoms with van der Waals surface area (Å²) in [6.45, 7) is 2.73. The van der Waals surface area contributed by atoms with Crippen molar-refractivity contribution in [1.82, 2.24) is 9.80 Å². The highest BCUT2D eigenvalue weighted by molar-refractivity contribution is 6.33. The number of carbonyl (C=O) groups excluding carboxylic acids is 2. The second-order valence-electron chi connectivity index (χ2n) is 5.73. The number of piperidine rings is 1. The maximum absolute atomic E-state index is 12.7. The smallest absolute Gasteiger partial charge is 0.257 e. The van der Waals surface area contributed by atoms with Crippen LogP contribution in [0.3, 0.4) is 0 Å². The van der Waals surface area contributed by atoms with E-state index in [9.17, 15) is 9.59 Å². The maximum atomic E-state index is 12.7. The van der Waals surface area contributed by atoms with Gasteiger partial charge in [-0.15, -0.1) is 0 Å². The van der Waals surface area contributed by atoms with Crippen LogP contribution in [0.15, 0.2) is 12.1 Å². The number of hydrogen-bond donors (Lipinski definition) is 1. The molecule has 2 amide bonds. The van der Waals surface area contributed by atoms with Crippen LogP contribution in [0.1, 0.15) is 30.1 Å². The Morgan fingerprint density at radius 1 is 1.35 bits per heavy atom. The number of benzene rings is 1. The summed E-state index contributed by atoms with van der Waals surface area (Å²) in [5.74, 6) is 0.328. The number of nitrogens with two attached hydrogens (primary N) is 1. The molecule has 1 heterocycles. The Morgan fingerprint density at radius 3 is 2.48 bits per heavy atom. The lowest BCUT2D eigenvalue weighted by molar-refractivity contribution is -0.130. The molecule has 0 radical (unpaired) electrons. The summed E-state index contributed by atoms with van der Waals surface area (Å²) in [5, 5.41) is 0.334. The van der Waals surface area contributed by atoms with Gasteiger partial charge in [-0.1, -0.05) is 11.6 Å². The first-order valence-corrected chi connectivity index (χ1v) is 7.88. The predicted molar refractivity (Wildman–Crippen MR) is 89.8 cm³/mol. The van der Waals surface area contributed by atoms with E-state index in [0.29, 0.717) is 35.1 Å². The number of nitrogen functional groups attached to an aromatic ring is 1. The van der Waals surface area contributed by atoms with E-state index in [1.807, 2.05) is 0 Å². The first kappa shape index (κ1) is 17.4. The zero-order valence-electron chi connectivity index (χ0n) is 13.6. The van der Waals surface area contributed by atoms with Gasteiger partial charge in [0.05, 0.1) is 23.4 Å². The van der Waals surface area contributed by atoms with Gasteiger partial charge in [-0.2, -0.15) is 0 Å². The standard InChI is InChI=1S/C16H22ClN3O3/c1-10(21)19(2)11-4-6-20(7-5-11)16(22)12-8-13(17)14(18)9-15(12)23-3/h8-9,11H,4-7,18H2,1-3H3. The van der Waals surface area contributed by atoms with E-state index in [1.54, 1.807) is 35.9 Å². The summed E-state index contributed by atoms with van der Waals surface area (Å²) in [6.07, 6.45) is 1.51. The van der Waals surface area contributed by atoms with E-state index in [1.165, 1.54) is 7.11 Å². The summed E-state index contributed by atoms with van der Waals surface area (Å²) < 4.78 is 5.24. The molecular weight excluding hydrogens is 318 g/mol. The SMILES string of the molecule is COc1cc(N)c(Cl)cc1C(=O)N1CCC(N(C)C(C)=O)CC1. The minimum Gasteiger partial charge on any atom is -0.496 e. The number of nitrogens with zero attached hydrogens (tertiary/aromatic N) is 2. The molecule has 6 nitrogen and oxygen atoms in total. The molecule has 1 aromatic rings. The Balaban J connectivity index is 2.11. The lowest BCUT2D eigenvalue weighted by atomic mass is 10.0. The Morgan fingerprint density at radius 2 is 1.96 bits per heavy atom. The van der Waals surface area contributed by atoms with E-state index in [4.69, 9.17) is 22.1 Å². The molecule has 0 atom stereocenters. The molecule has 7 heteroatoms. The second kappa shape index (κ2) is 7.08. The molecule has 1 fully saturated rings. The number of ether oxygens (including phenoxy) is 1. The highest BCUT2D eigenvalue weighted by Gasteiger charge is 2.28. The molecule has 1 aliphatic rings. The van der Waals surface area contributed by atoms with Crippen LogP contribution in [-0.4, -0.2) is 54.9 Å². The van der Waals surface area contributed by atoms with Crippen molar-refractivity contribution < 1.29 is 14.3 Å². The van der Waals surface area contributed by atoms with E-state index in [0.717, 1.165) is 12.8 Å². The van der Waals surface area contributed by atoms with Gasteiger partial charge in [-0.3, -0.25) is 9.59 Å². The molecular formula is C16H22ClN3O3. The van der Waals surface area contributed by atoms with E-state index >= 15 is 0 Å². The van der Waals surface area contributed by atoms with Crippen LogP contribution >= 0.6 is 11.6 Å². The number of anilines is 1. The summed E-state index contributed by atoms with van der Waals surface area (Å²) in [5.41, 5.74) is 6.53. The quantitative estimate of drug-likeness (QED) is 0.855. The van der Waals surface area contributed by atoms with Crippen molar-refractivity contribution in [1.29, 1.82) is 0 Å². The van der Waals surface area contributed by atoms with Crippen LogP contribution < -0.4 is 10.5 Å². The first-order chi connectivity index (χ1) is 10.8. The normalized spacial score (nSPS) is 15.4. The predicted octanol–water partition coefficient (Wildman–Crippen LogP) is 2.01. The number of halogens is 1. The van der Waals surface area contributed by atoms with Crippen molar-refractivity contribution in [2.45, 2.75) is 25.8 Å². The van der Waals surface area contributed by atoms with E-state index < -0.39 is 0 Å². The fourth-order valence-electron chi connectivity index (χ4n) is 2.79. The maximum Gasteiger partial charge on any atom is 0.257 e. The van der Waals surface area contributed by atoms with Gasteiger partial charge in [0.15, 0.2) is 0 Å². The van der Waals surface area contributed by atoms with Crippen molar-refractivity contribution in [2.75, 3.05) is 33.0 Å². The fraction of sp³-hybridized carbons (Fsp3) is 0.500. The largest absolute Gasteiger partial charge is 0.496 e. The summed E-state index contributed by atoms with van der Waals surface area (Å²) in [7, 11) is 3.29. The lowest BCUT2D eigenvalue weighted by Crippen LogP contribution is -2.46. The number of carbonyl (C=O) groups is 2. The number of methoxy groups -OCH3 is 1. The molecule has 1 aliphatic heterocycles. The fourth-order valence-corrected chi connectivity index (χ4v) is 2.95. The van der Waals surface area contributed by atoms with Crippen molar-refractivity contribution in [2.24, 2.45) is 0 Å². The van der Waals surface area contributed by atoms with Crippen LogP contribution in [-0.2, 0) is 4.79 Å². The second-order valence-corrected chi connectivity index (χ2v) is 6.13. The van der Waals surface area contributed by atoms with E-state index in [2.05, 4.69) is 0 Å². The summed E-state index contributed by atoms with van der Waals surface area (Å²) in [6, 6.07) is 3.28. The molecule has 0 aromatic heterocycles. The van der Waals surface area contributed by atoms with Crippen LogP contribution in [0, 0.1) is 0 Å². The molecule has 1 aromatic carbocycles. The third-order valence-corrected chi connectivity index (χ3v) is 4.67. The zero-order valence-corrected chi connectivity index (χ0v) is 14.4. The molecule has 0 unspecified atom stereocenters. The summed E-state index contributed by atoms with van der Waals surface area (Å²) >= 11 is 6.03. The van der Waals surface area contributed by atoms with Crippen LogP contribution in [0.4, 0.5) is 5.69 Å². The highest BCUT2D eigenvalue weighted by atomic mass is 35.5. The average Bonchev–Trinajstić information content (AvgIpc) is 2.55. The van der Waals surface area contributed by atoms with E-state index in [-0.39, 0.29) is 17.9 Å². The third kappa shape index (κ3) is 3.69. The van der Waals surface area contributed by atoms with Crippen molar-refractivity contribution >= 4 is 29.1 Å². The molecule has 126 valence electrons. The van der Waals surface area contributed by atoms with Crippen LogP contribution in [0.5, 0.6) is 5.75 Å². The Labute approximate surface area is 141 Å². The lowest BCUT2D eigenvalue weighted by Gasteiger charge is -2.36. The van der Waals surface area contributed by atoms with Crippen molar-refractivity contribution in [3.05, 3.63) is 22.7 Å². The van der Waals surface area contributed by atoms with Crippen molar-refractivity contribution in [3.8, 4) is 5.75 Å². The van der Waals surface area contributed by atoms with Gasteiger partial charge >= 0.3 is 0 Å². The Hall–Kier alpha value is -1.95.